The molecule has 0 saturated carbocycles. The first kappa shape index (κ1) is 12.0. The van der Waals surface area contributed by atoms with Crippen LogP contribution in [0.3, 0.4) is 0 Å². The Labute approximate surface area is 108 Å². The lowest BCUT2D eigenvalue weighted by Gasteiger charge is -2.10. The number of pyridine rings is 1. The van der Waals surface area contributed by atoms with Gasteiger partial charge in [-0.3, -0.25) is 9.78 Å². The van der Waals surface area contributed by atoms with Crippen LogP contribution in [0, 0.1) is 5.82 Å². The van der Waals surface area contributed by atoms with E-state index in [2.05, 4.69) is 26.7 Å². The molecule has 1 amide bonds. The highest BCUT2D eigenvalue weighted by molar-refractivity contribution is 5.96. The average molecular weight is 261 g/mol. The molecular formula is C12H12FN5O. The molecule has 1 unspecified atom stereocenters. The van der Waals surface area contributed by atoms with Gasteiger partial charge in [0.2, 0.25) is 5.91 Å². The van der Waals surface area contributed by atoms with E-state index in [-0.39, 0.29) is 17.8 Å². The van der Waals surface area contributed by atoms with Crippen LogP contribution in [0.4, 0.5) is 10.1 Å². The highest BCUT2D eigenvalue weighted by atomic mass is 19.1. The number of aromatic nitrogens is 1. The molecule has 7 heteroatoms. The predicted molar refractivity (Wildman–Crippen MR) is 68.4 cm³/mol. The fraction of sp³-hybridized carbons (Fsp3) is 0.167. The highest BCUT2D eigenvalue weighted by Gasteiger charge is 2.21. The van der Waals surface area contributed by atoms with E-state index >= 15 is 0 Å². The number of fused-ring (bicyclic) bond motifs is 1. The first-order valence-electron chi connectivity index (χ1n) is 5.82. The van der Waals surface area contributed by atoms with Gasteiger partial charge in [0.05, 0.1) is 17.4 Å². The number of rotatable bonds is 2. The van der Waals surface area contributed by atoms with E-state index in [9.17, 15) is 9.18 Å². The second kappa shape index (κ2) is 4.88. The second-order valence-electron chi connectivity index (χ2n) is 4.25. The Balaban J connectivity index is 1.81. The molecule has 1 aliphatic heterocycles. The Morgan fingerprint density at radius 1 is 1.42 bits per heavy atom. The zero-order valence-corrected chi connectivity index (χ0v) is 9.90. The number of carbonyl (C=O) groups is 1. The molecule has 1 aromatic heterocycles. The molecule has 0 spiro atoms. The Bertz CT molecular complexity index is 627. The number of hydrogen-bond donors (Lipinski definition) is 4. The van der Waals surface area contributed by atoms with E-state index in [0.29, 0.717) is 17.7 Å². The largest absolute Gasteiger partial charge is 0.323 e. The van der Waals surface area contributed by atoms with Gasteiger partial charge in [0.1, 0.15) is 11.9 Å². The molecule has 98 valence electrons. The van der Waals surface area contributed by atoms with Crippen LogP contribution in [0.15, 0.2) is 30.5 Å². The topological polar surface area (TPSA) is 78.1 Å². The van der Waals surface area contributed by atoms with Gasteiger partial charge in [-0.1, -0.05) is 0 Å². The van der Waals surface area contributed by atoms with Crippen LogP contribution in [-0.2, 0) is 4.79 Å². The number of halogens is 1. The standard InChI is InChI=1S/C12H12FN5O/c13-8-2-1-7-3-9(5-14-10(7)4-8)16-12(19)11-6-15-18-17-11/h1-5,11,15,17-18H,6H2,(H,16,19). The van der Waals surface area contributed by atoms with Gasteiger partial charge in [-0.2, -0.15) is 5.53 Å². The second-order valence-corrected chi connectivity index (χ2v) is 4.25. The lowest BCUT2D eigenvalue weighted by molar-refractivity contribution is -0.117. The molecule has 3 rings (SSSR count). The monoisotopic (exact) mass is 261 g/mol. The van der Waals surface area contributed by atoms with Crippen molar-refractivity contribution in [3.63, 3.8) is 0 Å². The third-order valence-corrected chi connectivity index (χ3v) is 2.87. The van der Waals surface area contributed by atoms with Crippen molar-refractivity contribution in [2.24, 2.45) is 0 Å². The summed E-state index contributed by atoms with van der Waals surface area (Å²) in [5.74, 6) is -0.496. The van der Waals surface area contributed by atoms with Gasteiger partial charge in [-0.25, -0.2) is 15.2 Å². The van der Waals surface area contributed by atoms with Crippen LogP contribution < -0.4 is 21.7 Å². The SMILES string of the molecule is O=C(Nc1cnc2cc(F)ccc2c1)C1CNNN1. The summed E-state index contributed by atoms with van der Waals surface area (Å²) in [6.45, 7) is 0.498. The van der Waals surface area contributed by atoms with Crippen LogP contribution in [0.2, 0.25) is 0 Å². The van der Waals surface area contributed by atoms with Crippen molar-refractivity contribution >= 4 is 22.5 Å². The molecule has 4 N–H and O–H groups in total. The van der Waals surface area contributed by atoms with Crippen molar-refractivity contribution in [2.75, 3.05) is 11.9 Å². The Kier molecular flexibility index (Phi) is 3.08. The fourth-order valence-corrected chi connectivity index (χ4v) is 1.89. The Hall–Kier alpha value is -2.09. The number of benzene rings is 1. The smallest absolute Gasteiger partial charge is 0.244 e. The summed E-state index contributed by atoms with van der Waals surface area (Å²) in [6, 6.07) is 5.76. The quantitative estimate of drug-likeness (QED) is 0.625. The molecule has 2 heterocycles. The minimum Gasteiger partial charge on any atom is -0.323 e. The lowest BCUT2D eigenvalue weighted by Crippen LogP contribution is -2.40. The van der Waals surface area contributed by atoms with Gasteiger partial charge >= 0.3 is 0 Å². The van der Waals surface area contributed by atoms with E-state index in [0.717, 1.165) is 5.39 Å². The minimum absolute atomic E-state index is 0.166. The third-order valence-electron chi connectivity index (χ3n) is 2.87. The number of amides is 1. The maximum atomic E-state index is 13.0. The molecule has 1 atom stereocenters. The maximum Gasteiger partial charge on any atom is 0.244 e. The molecule has 2 aromatic rings. The van der Waals surface area contributed by atoms with E-state index in [4.69, 9.17) is 0 Å². The van der Waals surface area contributed by atoms with Crippen LogP contribution in [0.1, 0.15) is 0 Å². The number of hydrogen-bond acceptors (Lipinski definition) is 5. The first-order valence-corrected chi connectivity index (χ1v) is 5.82. The molecule has 0 bridgehead atoms. The molecule has 1 saturated heterocycles. The number of nitrogens with zero attached hydrogens (tertiary/aromatic N) is 1. The summed E-state index contributed by atoms with van der Waals surface area (Å²) in [7, 11) is 0. The van der Waals surface area contributed by atoms with Crippen molar-refractivity contribution in [3.8, 4) is 0 Å². The van der Waals surface area contributed by atoms with Gasteiger partial charge in [-0.05, 0) is 18.2 Å². The van der Waals surface area contributed by atoms with Crippen LogP contribution >= 0.6 is 0 Å². The number of hydrazine groups is 2. The minimum atomic E-state index is -0.344. The van der Waals surface area contributed by atoms with E-state index in [1.807, 2.05) is 0 Å². The van der Waals surface area contributed by atoms with Crippen molar-refractivity contribution in [1.82, 2.24) is 21.4 Å². The molecule has 19 heavy (non-hydrogen) atoms. The molecular weight excluding hydrogens is 249 g/mol. The van der Waals surface area contributed by atoms with E-state index in [1.165, 1.54) is 18.3 Å². The third kappa shape index (κ3) is 2.53. The van der Waals surface area contributed by atoms with Gasteiger partial charge in [0.15, 0.2) is 0 Å². The fourth-order valence-electron chi connectivity index (χ4n) is 1.89. The van der Waals surface area contributed by atoms with Crippen LogP contribution in [-0.4, -0.2) is 23.5 Å². The van der Waals surface area contributed by atoms with E-state index in [1.54, 1.807) is 12.1 Å². The van der Waals surface area contributed by atoms with Crippen LogP contribution in [0.25, 0.3) is 10.9 Å². The zero-order valence-electron chi connectivity index (χ0n) is 9.90. The van der Waals surface area contributed by atoms with Gasteiger partial charge in [-0.15, -0.1) is 0 Å². The van der Waals surface area contributed by atoms with Gasteiger partial charge in [0, 0.05) is 18.0 Å². The highest BCUT2D eigenvalue weighted by Crippen LogP contribution is 2.17. The molecule has 6 nitrogen and oxygen atoms in total. The summed E-state index contributed by atoms with van der Waals surface area (Å²) < 4.78 is 13.0. The molecule has 1 fully saturated rings. The normalized spacial score (nSPS) is 18.7. The van der Waals surface area contributed by atoms with Gasteiger partial charge < -0.3 is 5.32 Å². The predicted octanol–water partition coefficient (Wildman–Crippen LogP) is 0.293. The first-order chi connectivity index (χ1) is 9.22. The summed E-state index contributed by atoms with van der Waals surface area (Å²) in [6.07, 6.45) is 1.51. The Morgan fingerprint density at radius 3 is 3.11 bits per heavy atom. The summed E-state index contributed by atoms with van der Waals surface area (Å²) in [4.78, 5) is 16.0. The maximum absolute atomic E-state index is 13.0. The molecule has 0 aliphatic carbocycles. The van der Waals surface area contributed by atoms with Crippen LogP contribution in [0.5, 0.6) is 0 Å². The number of anilines is 1. The van der Waals surface area contributed by atoms with Crippen molar-refractivity contribution in [1.29, 1.82) is 0 Å². The number of carbonyl (C=O) groups excluding carboxylic acids is 1. The van der Waals surface area contributed by atoms with Crippen molar-refractivity contribution in [2.45, 2.75) is 6.04 Å². The van der Waals surface area contributed by atoms with Gasteiger partial charge in [0.25, 0.3) is 0 Å². The van der Waals surface area contributed by atoms with Crippen molar-refractivity contribution < 1.29 is 9.18 Å². The van der Waals surface area contributed by atoms with Crippen molar-refractivity contribution in [3.05, 3.63) is 36.3 Å². The Morgan fingerprint density at radius 2 is 2.32 bits per heavy atom. The molecule has 1 aromatic carbocycles. The number of nitrogens with one attached hydrogen (secondary N) is 4. The lowest BCUT2D eigenvalue weighted by atomic mass is 10.2. The summed E-state index contributed by atoms with van der Waals surface area (Å²) in [5.41, 5.74) is 9.37. The molecule has 1 aliphatic rings. The average Bonchev–Trinajstić information content (AvgIpc) is 2.93. The van der Waals surface area contributed by atoms with E-state index < -0.39 is 0 Å². The summed E-state index contributed by atoms with van der Waals surface area (Å²) in [5, 5.41) is 3.53. The zero-order chi connectivity index (χ0) is 13.2. The summed E-state index contributed by atoms with van der Waals surface area (Å²) >= 11 is 0. The molecule has 0 radical (unpaired) electrons.